The quantitative estimate of drug-likeness (QED) is 0.869. The fraction of sp³-hybridized carbons (Fsp3) is 0.526. The van der Waals surface area contributed by atoms with Gasteiger partial charge in [0.2, 0.25) is 5.91 Å². The number of hydrogen-bond acceptors (Lipinski definition) is 2. The number of carbonyl (C=O) groups is 1. The average molecular weight is 299 g/mol. The van der Waals surface area contributed by atoms with E-state index in [1.807, 2.05) is 18.2 Å². The summed E-state index contributed by atoms with van der Waals surface area (Å²) in [5.74, 6) is 0.180. The van der Waals surface area contributed by atoms with Crippen LogP contribution in [0.4, 0.5) is 0 Å². The van der Waals surface area contributed by atoms with Crippen molar-refractivity contribution < 1.29 is 9.53 Å². The summed E-state index contributed by atoms with van der Waals surface area (Å²) in [5, 5.41) is 3.31. The highest BCUT2D eigenvalue weighted by molar-refractivity contribution is 5.88. The smallest absolute Gasteiger partial charge is 0.231 e. The Hall–Kier alpha value is -1.61. The zero-order chi connectivity index (χ0) is 15.4. The molecule has 1 amide bonds. The van der Waals surface area contributed by atoms with Crippen molar-refractivity contribution in [3.8, 4) is 0 Å². The maximum atomic E-state index is 13.1. The van der Waals surface area contributed by atoms with Gasteiger partial charge >= 0.3 is 0 Å². The molecule has 0 atom stereocenters. The summed E-state index contributed by atoms with van der Waals surface area (Å²) < 4.78 is 5.51. The lowest BCUT2D eigenvalue weighted by molar-refractivity contribution is -0.131. The fourth-order valence-corrected chi connectivity index (χ4v) is 3.62. The Kier molecular flexibility index (Phi) is 4.63. The van der Waals surface area contributed by atoms with Crippen LogP contribution in [-0.2, 0) is 14.9 Å². The van der Waals surface area contributed by atoms with Gasteiger partial charge in [-0.05, 0) is 44.1 Å². The van der Waals surface area contributed by atoms with Crippen molar-refractivity contribution in [2.24, 2.45) is 0 Å². The fourth-order valence-electron chi connectivity index (χ4n) is 3.62. The molecular formula is C19H25NO2. The third-order valence-electron chi connectivity index (χ3n) is 5.14. The Morgan fingerprint density at radius 1 is 1.14 bits per heavy atom. The van der Waals surface area contributed by atoms with Gasteiger partial charge in [0.15, 0.2) is 0 Å². The first kappa shape index (κ1) is 15.3. The van der Waals surface area contributed by atoms with E-state index in [0.717, 1.165) is 44.1 Å². The Labute approximate surface area is 132 Å². The van der Waals surface area contributed by atoms with Gasteiger partial charge in [-0.1, -0.05) is 42.5 Å². The molecule has 3 nitrogen and oxygen atoms in total. The Morgan fingerprint density at radius 3 is 2.41 bits per heavy atom. The van der Waals surface area contributed by atoms with Gasteiger partial charge in [0.05, 0.1) is 5.41 Å². The van der Waals surface area contributed by atoms with Crippen LogP contribution in [0.3, 0.4) is 0 Å². The zero-order valence-electron chi connectivity index (χ0n) is 13.1. The predicted octanol–water partition coefficient (Wildman–Crippen LogP) is 3.35. The third-order valence-corrected chi connectivity index (χ3v) is 5.14. The summed E-state index contributed by atoms with van der Waals surface area (Å²) in [6.07, 6.45) is 5.64. The molecule has 1 aromatic rings. The van der Waals surface area contributed by atoms with E-state index < -0.39 is 5.41 Å². The molecular weight excluding hydrogens is 274 g/mol. The van der Waals surface area contributed by atoms with Crippen molar-refractivity contribution >= 4 is 5.91 Å². The Bertz CT molecular complexity index is 522. The number of allylic oxidation sites excluding steroid dienone is 1. The van der Waals surface area contributed by atoms with Crippen LogP contribution in [0.25, 0.3) is 0 Å². The van der Waals surface area contributed by atoms with Crippen molar-refractivity contribution in [3.05, 3.63) is 48.0 Å². The minimum atomic E-state index is -0.423. The topological polar surface area (TPSA) is 38.3 Å². The molecule has 1 heterocycles. The minimum absolute atomic E-state index is 0.180. The summed E-state index contributed by atoms with van der Waals surface area (Å²) in [7, 11) is 0. The molecule has 0 spiro atoms. The maximum Gasteiger partial charge on any atom is 0.231 e. The van der Waals surface area contributed by atoms with Gasteiger partial charge in [-0.3, -0.25) is 4.79 Å². The summed E-state index contributed by atoms with van der Waals surface area (Å²) in [6, 6.07) is 10.5. The lowest BCUT2D eigenvalue weighted by Gasteiger charge is -2.38. The highest BCUT2D eigenvalue weighted by Crippen LogP contribution is 2.35. The monoisotopic (exact) mass is 299 g/mol. The number of carbonyl (C=O) groups excluding carboxylic acids is 1. The molecule has 3 heteroatoms. The van der Waals surface area contributed by atoms with Gasteiger partial charge in [-0.25, -0.2) is 0 Å². The molecule has 0 aromatic heterocycles. The molecule has 1 N–H and O–H groups in total. The van der Waals surface area contributed by atoms with Crippen molar-refractivity contribution in [1.29, 1.82) is 0 Å². The first-order valence-corrected chi connectivity index (χ1v) is 8.32. The Balaban J connectivity index is 1.77. The summed E-state index contributed by atoms with van der Waals surface area (Å²) in [5.41, 5.74) is 2.01. The van der Waals surface area contributed by atoms with Crippen LogP contribution in [0.2, 0.25) is 0 Å². The van der Waals surface area contributed by atoms with Gasteiger partial charge in [0, 0.05) is 19.3 Å². The molecule has 1 aliphatic carbocycles. The lowest BCUT2D eigenvalue weighted by Crippen LogP contribution is -2.51. The molecule has 2 fully saturated rings. The first-order chi connectivity index (χ1) is 10.7. The van der Waals surface area contributed by atoms with Crippen LogP contribution in [-0.4, -0.2) is 25.2 Å². The van der Waals surface area contributed by atoms with E-state index in [9.17, 15) is 4.79 Å². The number of nitrogens with one attached hydrogen (secondary N) is 1. The van der Waals surface area contributed by atoms with E-state index in [-0.39, 0.29) is 5.91 Å². The molecule has 118 valence electrons. The van der Waals surface area contributed by atoms with E-state index in [0.29, 0.717) is 19.3 Å². The standard InChI is InChI=1S/C19H25NO2/c1-15-7-9-17(10-8-15)20-18(21)19(11-13-22-14-12-19)16-5-3-2-4-6-16/h2-6,17H,1,7-14H2,(H,20,21). The van der Waals surface area contributed by atoms with Gasteiger partial charge < -0.3 is 10.1 Å². The highest BCUT2D eigenvalue weighted by Gasteiger charge is 2.42. The van der Waals surface area contributed by atoms with Gasteiger partial charge in [0.25, 0.3) is 0 Å². The van der Waals surface area contributed by atoms with Crippen LogP contribution in [0.1, 0.15) is 44.1 Å². The van der Waals surface area contributed by atoms with E-state index >= 15 is 0 Å². The predicted molar refractivity (Wildman–Crippen MR) is 87.7 cm³/mol. The SMILES string of the molecule is C=C1CCC(NC(=O)C2(c3ccccc3)CCOCC2)CC1. The van der Waals surface area contributed by atoms with E-state index in [2.05, 4.69) is 24.0 Å². The largest absolute Gasteiger partial charge is 0.381 e. The van der Waals surface area contributed by atoms with Crippen molar-refractivity contribution in [3.63, 3.8) is 0 Å². The molecule has 3 rings (SSSR count). The normalized spacial score (nSPS) is 22.3. The van der Waals surface area contributed by atoms with Crippen LogP contribution < -0.4 is 5.32 Å². The molecule has 0 unspecified atom stereocenters. The van der Waals surface area contributed by atoms with Crippen molar-refractivity contribution in [2.75, 3.05) is 13.2 Å². The maximum absolute atomic E-state index is 13.1. The molecule has 2 aliphatic rings. The minimum Gasteiger partial charge on any atom is -0.381 e. The number of ether oxygens (including phenoxy) is 1. The van der Waals surface area contributed by atoms with Crippen molar-refractivity contribution in [2.45, 2.75) is 50.0 Å². The Morgan fingerprint density at radius 2 is 1.77 bits per heavy atom. The van der Waals surface area contributed by atoms with E-state index in [4.69, 9.17) is 4.74 Å². The van der Waals surface area contributed by atoms with Crippen LogP contribution >= 0.6 is 0 Å². The molecule has 0 bridgehead atoms. The van der Waals surface area contributed by atoms with E-state index in [1.54, 1.807) is 0 Å². The first-order valence-electron chi connectivity index (χ1n) is 8.32. The number of rotatable bonds is 3. The molecule has 1 saturated carbocycles. The second-order valence-electron chi connectivity index (χ2n) is 6.56. The molecule has 0 radical (unpaired) electrons. The van der Waals surface area contributed by atoms with Crippen LogP contribution in [0, 0.1) is 0 Å². The summed E-state index contributed by atoms with van der Waals surface area (Å²) >= 11 is 0. The van der Waals surface area contributed by atoms with Gasteiger partial charge in [0.1, 0.15) is 0 Å². The van der Waals surface area contributed by atoms with Crippen molar-refractivity contribution in [1.82, 2.24) is 5.32 Å². The number of hydrogen-bond donors (Lipinski definition) is 1. The highest BCUT2D eigenvalue weighted by atomic mass is 16.5. The second kappa shape index (κ2) is 6.66. The lowest BCUT2D eigenvalue weighted by atomic mass is 9.73. The van der Waals surface area contributed by atoms with Crippen LogP contribution in [0.5, 0.6) is 0 Å². The molecule has 1 saturated heterocycles. The molecule has 1 aliphatic heterocycles. The van der Waals surface area contributed by atoms with E-state index in [1.165, 1.54) is 5.57 Å². The van der Waals surface area contributed by atoms with Gasteiger partial charge in [-0.2, -0.15) is 0 Å². The zero-order valence-corrected chi connectivity index (χ0v) is 13.1. The summed E-state index contributed by atoms with van der Waals surface area (Å²) in [6.45, 7) is 5.36. The third kappa shape index (κ3) is 3.09. The molecule has 1 aromatic carbocycles. The average Bonchev–Trinajstić information content (AvgIpc) is 2.58. The number of benzene rings is 1. The number of amides is 1. The second-order valence-corrected chi connectivity index (χ2v) is 6.56. The van der Waals surface area contributed by atoms with Crippen LogP contribution in [0.15, 0.2) is 42.5 Å². The molecule has 22 heavy (non-hydrogen) atoms. The van der Waals surface area contributed by atoms with Gasteiger partial charge in [-0.15, -0.1) is 0 Å². The summed E-state index contributed by atoms with van der Waals surface area (Å²) in [4.78, 5) is 13.1.